The molecule has 5 heteroatoms. The number of benzene rings is 1. The van der Waals surface area contributed by atoms with Crippen molar-refractivity contribution in [2.24, 2.45) is 0 Å². The molecule has 1 aromatic rings. The molecule has 0 spiro atoms. The van der Waals surface area contributed by atoms with E-state index in [1.165, 1.54) is 0 Å². The highest BCUT2D eigenvalue weighted by atomic mass is 79.9. The number of hydrogen-bond donors (Lipinski definition) is 3. The average molecular weight is 257 g/mol. The van der Waals surface area contributed by atoms with Gasteiger partial charge in [-0.1, -0.05) is 15.9 Å². The van der Waals surface area contributed by atoms with Gasteiger partial charge in [0.05, 0.1) is 6.54 Å². The van der Waals surface area contributed by atoms with E-state index >= 15 is 0 Å². The number of phenols is 1. The molecule has 74 valence electrons. The summed E-state index contributed by atoms with van der Waals surface area (Å²) in [6, 6.07) is 4.95. The third-order valence-electron chi connectivity index (χ3n) is 2.06. The Balaban J connectivity index is 2.31. The fraction of sp³-hybridized carbons (Fsp3) is 0.222. The summed E-state index contributed by atoms with van der Waals surface area (Å²) in [7, 11) is 0. The van der Waals surface area contributed by atoms with Crippen molar-refractivity contribution in [3.63, 3.8) is 0 Å². The molecule has 0 aromatic heterocycles. The van der Waals surface area contributed by atoms with Gasteiger partial charge in [0.15, 0.2) is 0 Å². The van der Waals surface area contributed by atoms with Crippen LogP contribution in [-0.2, 0) is 4.79 Å². The van der Waals surface area contributed by atoms with E-state index in [9.17, 15) is 9.90 Å². The molecule has 2 rings (SSSR count). The Kier molecular flexibility index (Phi) is 2.43. The predicted molar refractivity (Wildman–Crippen MR) is 54.7 cm³/mol. The third-order valence-corrected chi connectivity index (χ3v) is 2.78. The molecule has 1 atom stereocenters. The van der Waals surface area contributed by atoms with Crippen LogP contribution >= 0.6 is 15.9 Å². The van der Waals surface area contributed by atoms with Crippen molar-refractivity contribution in [3.05, 3.63) is 28.2 Å². The summed E-state index contributed by atoms with van der Waals surface area (Å²) in [5.41, 5.74) is 0.829. The quantitative estimate of drug-likeness (QED) is 0.699. The lowest BCUT2D eigenvalue weighted by Gasteiger charge is -2.12. The van der Waals surface area contributed by atoms with Gasteiger partial charge in [0.2, 0.25) is 5.91 Å². The summed E-state index contributed by atoms with van der Waals surface area (Å²) < 4.78 is 0.856. The number of amides is 1. The molecule has 0 aliphatic carbocycles. The van der Waals surface area contributed by atoms with Crippen molar-refractivity contribution in [3.8, 4) is 5.75 Å². The van der Waals surface area contributed by atoms with Gasteiger partial charge in [-0.2, -0.15) is 0 Å². The maximum absolute atomic E-state index is 11.0. The molecule has 1 aliphatic heterocycles. The summed E-state index contributed by atoms with van der Waals surface area (Å²) in [6.45, 7) is 0.312. The van der Waals surface area contributed by atoms with Crippen molar-refractivity contribution >= 4 is 21.8 Å². The standard InChI is InChI=1S/C9H9BrN2O2/c10-7-2-1-5(13)3-6(7)9-11-4-8(14)12-9/h1-3,9,11,13H,4H2,(H,12,14). The monoisotopic (exact) mass is 256 g/mol. The third kappa shape index (κ3) is 1.73. The van der Waals surface area contributed by atoms with Gasteiger partial charge in [-0.25, -0.2) is 0 Å². The Hall–Kier alpha value is -1.07. The molecular formula is C9H9BrN2O2. The van der Waals surface area contributed by atoms with Crippen molar-refractivity contribution in [1.29, 1.82) is 0 Å². The summed E-state index contributed by atoms with van der Waals surface area (Å²) in [4.78, 5) is 11.0. The zero-order chi connectivity index (χ0) is 10.1. The predicted octanol–water partition coefficient (Wildman–Crippen LogP) is 0.873. The van der Waals surface area contributed by atoms with Crippen LogP contribution in [-0.4, -0.2) is 17.6 Å². The van der Waals surface area contributed by atoms with Crippen molar-refractivity contribution < 1.29 is 9.90 Å². The van der Waals surface area contributed by atoms with Gasteiger partial charge >= 0.3 is 0 Å². The normalized spacial score (nSPS) is 20.9. The average Bonchev–Trinajstić information content (AvgIpc) is 2.56. The number of carbonyl (C=O) groups excluding carboxylic acids is 1. The van der Waals surface area contributed by atoms with E-state index in [-0.39, 0.29) is 17.8 Å². The SMILES string of the molecule is O=C1CNC(c2cc(O)ccc2Br)N1. The largest absolute Gasteiger partial charge is 0.508 e. The second-order valence-electron chi connectivity index (χ2n) is 3.09. The van der Waals surface area contributed by atoms with Crippen LogP contribution < -0.4 is 10.6 Å². The lowest BCUT2D eigenvalue weighted by atomic mass is 10.1. The molecule has 0 bridgehead atoms. The molecule has 1 aliphatic rings. The van der Waals surface area contributed by atoms with Crippen LogP contribution in [0, 0.1) is 0 Å². The Labute approximate surface area is 89.4 Å². The molecule has 1 unspecified atom stereocenters. The first-order chi connectivity index (χ1) is 6.66. The Morgan fingerprint density at radius 1 is 1.50 bits per heavy atom. The van der Waals surface area contributed by atoms with Gasteiger partial charge in [0, 0.05) is 10.0 Å². The number of rotatable bonds is 1. The summed E-state index contributed by atoms with van der Waals surface area (Å²) >= 11 is 3.36. The first-order valence-corrected chi connectivity index (χ1v) is 4.97. The van der Waals surface area contributed by atoms with Crippen LogP contribution in [0.15, 0.2) is 22.7 Å². The molecular weight excluding hydrogens is 248 g/mol. The topological polar surface area (TPSA) is 61.4 Å². The van der Waals surface area contributed by atoms with E-state index in [1.54, 1.807) is 18.2 Å². The van der Waals surface area contributed by atoms with Crippen LogP contribution in [0.4, 0.5) is 0 Å². The smallest absolute Gasteiger partial charge is 0.235 e. The maximum atomic E-state index is 11.0. The highest BCUT2D eigenvalue weighted by Gasteiger charge is 2.23. The van der Waals surface area contributed by atoms with Gasteiger partial charge < -0.3 is 10.4 Å². The van der Waals surface area contributed by atoms with E-state index in [0.717, 1.165) is 10.0 Å². The van der Waals surface area contributed by atoms with Crippen molar-refractivity contribution in [2.45, 2.75) is 6.17 Å². The van der Waals surface area contributed by atoms with Crippen LogP contribution in [0.5, 0.6) is 5.75 Å². The lowest BCUT2D eigenvalue weighted by Crippen LogP contribution is -2.22. The lowest BCUT2D eigenvalue weighted by molar-refractivity contribution is -0.118. The van der Waals surface area contributed by atoms with E-state index in [4.69, 9.17) is 0 Å². The van der Waals surface area contributed by atoms with E-state index in [1.807, 2.05) is 0 Å². The van der Waals surface area contributed by atoms with Crippen molar-refractivity contribution in [2.75, 3.05) is 6.54 Å². The maximum Gasteiger partial charge on any atom is 0.235 e. The van der Waals surface area contributed by atoms with Crippen LogP contribution in [0.1, 0.15) is 11.7 Å². The Morgan fingerprint density at radius 3 is 2.93 bits per heavy atom. The van der Waals surface area contributed by atoms with E-state index < -0.39 is 0 Å². The number of phenolic OH excluding ortho intramolecular Hbond substituents is 1. The van der Waals surface area contributed by atoms with E-state index in [2.05, 4.69) is 26.6 Å². The molecule has 0 saturated carbocycles. The van der Waals surface area contributed by atoms with Crippen LogP contribution in [0.25, 0.3) is 0 Å². The molecule has 3 N–H and O–H groups in total. The minimum atomic E-state index is -0.219. The summed E-state index contributed by atoms with van der Waals surface area (Å²) in [5, 5.41) is 15.0. The second kappa shape index (κ2) is 3.59. The van der Waals surface area contributed by atoms with Crippen LogP contribution in [0.3, 0.4) is 0 Å². The summed E-state index contributed by atoms with van der Waals surface area (Å²) in [6.07, 6.45) is -0.219. The fourth-order valence-electron chi connectivity index (χ4n) is 1.40. The molecule has 0 radical (unpaired) electrons. The molecule has 4 nitrogen and oxygen atoms in total. The number of hydrogen-bond acceptors (Lipinski definition) is 3. The first-order valence-electron chi connectivity index (χ1n) is 4.18. The van der Waals surface area contributed by atoms with Gasteiger partial charge in [-0.05, 0) is 18.2 Å². The van der Waals surface area contributed by atoms with Gasteiger partial charge in [0.25, 0.3) is 0 Å². The zero-order valence-corrected chi connectivity index (χ0v) is 8.84. The van der Waals surface area contributed by atoms with Crippen molar-refractivity contribution in [1.82, 2.24) is 10.6 Å². The van der Waals surface area contributed by atoms with Gasteiger partial charge in [-0.15, -0.1) is 0 Å². The number of aromatic hydroxyl groups is 1. The fourth-order valence-corrected chi connectivity index (χ4v) is 1.87. The Bertz CT molecular complexity index is 381. The minimum Gasteiger partial charge on any atom is -0.508 e. The second-order valence-corrected chi connectivity index (χ2v) is 3.94. The molecule has 1 aromatic carbocycles. The first kappa shape index (κ1) is 9.48. The van der Waals surface area contributed by atoms with Crippen LogP contribution in [0.2, 0.25) is 0 Å². The molecule has 1 heterocycles. The molecule has 1 fully saturated rings. The summed E-state index contributed by atoms with van der Waals surface area (Å²) in [5.74, 6) is 0.149. The Morgan fingerprint density at radius 2 is 2.29 bits per heavy atom. The molecule has 14 heavy (non-hydrogen) atoms. The number of halogens is 1. The molecule has 1 saturated heterocycles. The van der Waals surface area contributed by atoms with Gasteiger partial charge in [-0.3, -0.25) is 10.1 Å². The number of nitrogens with one attached hydrogen (secondary N) is 2. The van der Waals surface area contributed by atoms with Gasteiger partial charge in [0.1, 0.15) is 11.9 Å². The van der Waals surface area contributed by atoms with E-state index in [0.29, 0.717) is 6.54 Å². The number of carbonyl (C=O) groups is 1. The zero-order valence-electron chi connectivity index (χ0n) is 7.25. The highest BCUT2D eigenvalue weighted by Crippen LogP contribution is 2.26. The molecule has 1 amide bonds. The minimum absolute atomic E-state index is 0.0368. The highest BCUT2D eigenvalue weighted by molar-refractivity contribution is 9.10.